The van der Waals surface area contributed by atoms with Crippen LogP contribution in [-0.4, -0.2) is 30.2 Å². The number of hydrogen-bond acceptors (Lipinski definition) is 2. The van der Waals surface area contributed by atoms with Crippen molar-refractivity contribution < 1.29 is 0 Å². The molecule has 0 aromatic heterocycles. The second-order valence-electron chi connectivity index (χ2n) is 4.29. The van der Waals surface area contributed by atoms with Gasteiger partial charge in [-0.25, -0.2) is 0 Å². The molecule has 2 atom stereocenters. The largest absolute Gasteiger partial charge is 0.298 e. The number of hydrogen-bond donors (Lipinski definition) is 1. The summed E-state index contributed by atoms with van der Waals surface area (Å²) in [6, 6.07) is 0. The Kier molecular flexibility index (Phi) is 1.69. The monoisotopic (exact) mass is 154 g/mol. The number of fused-ring (bicyclic) bond motifs is 1. The van der Waals surface area contributed by atoms with Crippen molar-refractivity contribution in [1.82, 2.24) is 10.2 Å². The highest BCUT2D eigenvalue weighted by atomic mass is 15.4. The van der Waals surface area contributed by atoms with Crippen molar-refractivity contribution in [3.8, 4) is 0 Å². The van der Waals surface area contributed by atoms with Crippen molar-refractivity contribution in [1.29, 1.82) is 0 Å². The lowest BCUT2D eigenvalue weighted by Crippen LogP contribution is -2.53. The molecule has 1 N–H and O–H groups in total. The van der Waals surface area contributed by atoms with Gasteiger partial charge in [0.1, 0.15) is 0 Å². The molecule has 0 amide bonds. The van der Waals surface area contributed by atoms with Crippen LogP contribution in [0.3, 0.4) is 0 Å². The van der Waals surface area contributed by atoms with Crippen LogP contribution in [0.5, 0.6) is 0 Å². The maximum Gasteiger partial charge on any atom is 0.0684 e. The van der Waals surface area contributed by atoms with E-state index in [2.05, 4.69) is 24.1 Å². The zero-order chi connectivity index (χ0) is 7.90. The molecule has 64 valence electrons. The maximum atomic E-state index is 3.58. The Morgan fingerprint density at radius 1 is 1.55 bits per heavy atom. The van der Waals surface area contributed by atoms with E-state index in [-0.39, 0.29) is 0 Å². The molecule has 2 nitrogen and oxygen atoms in total. The van der Waals surface area contributed by atoms with Crippen LogP contribution >= 0.6 is 0 Å². The molecule has 2 rings (SSSR count). The molecule has 0 bridgehead atoms. The van der Waals surface area contributed by atoms with Gasteiger partial charge < -0.3 is 0 Å². The van der Waals surface area contributed by atoms with Gasteiger partial charge >= 0.3 is 0 Å². The molecule has 2 heteroatoms. The zero-order valence-corrected chi connectivity index (χ0v) is 7.56. The molecular weight excluding hydrogens is 136 g/mol. The molecule has 0 saturated carbocycles. The molecule has 0 aromatic carbocycles. The van der Waals surface area contributed by atoms with Crippen LogP contribution in [0.1, 0.15) is 26.7 Å². The Balaban J connectivity index is 2.08. The molecule has 2 aliphatic rings. The predicted octanol–water partition coefficient (Wildman–Crippen LogP) is 1.04. The van der Waals surface area contributed by atoms with Gasteiger partial charge in [0, 0.05) is 19.6 Å². The number of piperidine rings is 1. The Bertz CT molecular complexity index is 158. The van der Waals surface area contributed by atoms with Crippen LogP contribution < -0.4 is 5.32 Å². The van der Waals surface area contributed by atoms with Crippen LogP contribution in [0.15, 0.2) is 0 Å². The fourth-order valence-corrected chi connectivity index (χ4v) is 2.35. The molecule has 0 radical (unpaired) electrons. The van der Waals surface area contributed by atoms with E-state index < -0.39 is 0 Å². The summed E-state index contributed by atoms with van der Waals surface area (Å²) in [5.41, 5.74) is 0.354. The van der Waals surface area contributed by atoms with E-state index in [9.17, 15) is 0 Å². The third-order valence-corrected chi connectivity index (χ3v) is 3.24. The first-order valence-electron chi connectivity index (χ1n) is 4.71. The van der Waals surface area contributed by atoms with Crippen molar-refractivity contribution in [3.05, 3.63) is 0 Å². The van der Waals surface area contributed by atoms with E-state index >= 15 is 0 Å². The van der Waals surface area contributed by atoms with Crippen molar-refractivity contribution in [2.45, 2.75) is 32.4 Å². The summed E-state index contributed by atoms with van der Waals surface area (Å²) in [4.78, 5) is 2.60. The Morgan fingerprint density at radius 3 is 3.18 bits per heavy atom. The van der Waals surface area contributed by atoms with Crippen molar-refractivity contribution in [2.75, 3.05) is 19.6 Å². The first-order valence-corrected chi connectivity index (χ1v) is 4.71. The normalized spacial score (nSPS) is 45.8. The molecule has 2 saturated heterocycles. The van der Waals surface area contributed by atoms with E-state index in [4.69, 9.17) is 0 Å². The number of nitrogens with one attached hydrogen (secondary N) is 1. The lowest BCUT2D eigenvalue weighted by molar-refractivity contribution is 0.0630. The second kappa shape index (κ2) is 2.46. The molecule has 0 spiro atoms. The summed E-state index contributed by atoms with van der Waals surface area (Å²) in [5.74, 6) is 0.906. The van der Waals surface area contributed by atoms with Gasteiger partial charge in [-0.1, -0.05) is 6.92 Å². The van der Waals surface area contributed by atoms with Gasteiger partial charge in [-0.3, -0.25) is 10.2 Å². The standard InChI is InChI=1S/C9H18N2/c1-8-3-4-9(2)10-5-6-11(9)7-8/h8,10H,3-7H2,1-2H3. The molecule has 2 heterocycles. The molecular formula is C9H18N2. The Morgan fingerprint density at radius 2 is 2.36 bits per heavy atom. The Labute approximate surface area is 69.0 Å². The number of rotatable bonds is 0. The van der Waals surface area contributed by atoms with E-state index in [1.165, 1.54) is 32.5 Å². The summed E-state index contributed by atoms with van der Waals surface area (Å²) in [7, 11) is 0. The van der Waals surface area contributed by atoms with Gasteiger partial charge in [0.2, 0.25) is 0 Å². The lowest BCUT2D eigenvalue weighted by Gasteiger charge is -2.41. The molecule has 0 aromatic rings. The quantitative estimate of drug-likeness (QED) is 0.561. The van der Waals surface area contributed by atoms with Crippen molar-refractivity contribution in [3.63, 3.8) is 0 Å². The van der Waals surface area contributed by atoms with E-state index in [0.717, 1.165) is 5.92 Å². The second-order valence-corrected chi connectivity index (χ2v) is 4.29. The lowest BCUT2D eigenvalue weighted by atomic mass is 9.92. The molecule has 2 aliphatic heterocycles. The van der Waals surface area contributed by atoms with Crippen LogP contribution in [0.2, 0.25) is 0 Å². The van der Waals surface area contributed by atoms with Crippen molar-refractivity contribution in [2.24, 2.45) is 5.92 Å². The van der Waals surface area contributed by atoms with Gasteiger partial charge in [0.15, 0.2) is 0 Å². The summed E-state index contributed by atoms with van der Waals surface area (Å²) in [6.07, 6.45) is 2.72. The molecule has 0 aliphatic carbocycles. The minimum absolute atomic E-state index is 0.354. The highest BCUT2D eigenvalue weighted by molar-refractivity contribution is 4.94. The van der Waals surface area contributed by atoms with Gasteiger partial charge in [-0.2, -0.15) is 0 Å². The fourth-order valence-electron chi connectivity index (χ4n) is 2.35. The molecule has 2 fully saturated rings. The highest BCUT2D eigenvalue weighted by Gasteiger charge is 2.39. The summed E-state index contributed by atoms with van der Waals surface area (Å²) in [6.45, 7) is 8.43. The van der Waals surface area contributed by atoms with Gasteiger partial charge in [-0.05, 0) is 25.7 Å². The predicted molar refractivity (Wildman–Crippen MR) is 46.4 cm³/mol. The van der Waals surface area contributed by atoms with Crippen LogP contribution in [-0.2, 0) is 0 Å². The zero-order valence-electron chi connectivity index (χ0n) is 7.56. The fraction of sp³-hybridized carbons (Fsp3) is 1.00. The first kappa shape index (κ1) is 7.56. The van der Waals surface area contributed by atoms with Gasteiger partial charge in [0.05, 0.1) is 5.66 Å². The van der Waals surface area contributed by atoms with Crippen LogP contribution in [0.4, 0.5) is 0 Å². The van der Waals surface area contributed by atoms with E-state index in [1.54, 1.807) is 0 Å². The Hall–Kier alpha value is -0.0800. The first-order chi connectivity index (χ1) is 5.21. The molecule has 11 heavy (non-hydrogen) atoms. The van der Waals surface area contributed by atoms with Crippen LogP contribution in [0.25, 0.3) is 0 Å². The average Bonchev–Trinajstić information content (AvgIpc) is 2.31. The third kappa shape index (κ3) is 1.18. The van der Waals surface area contributed by atoms with Crippen LogP contribution in [0, 0.1) is 5.92 Å². The third-order valence-electron chi connectivity index (χ3n) is 3.24. The van der Waals surface area contributed by atoms with E-state index in [1.807, 2.05) is 0 Å². The highest BCUT2D eigenvalue weighted by Crippen LogP contribution is 2.30. The maximum absolute atomic E-state index is 3.58. The number of nitrogens with zero attached hydrogens (tertiary/aromatic N) is 1. The smallest absolute Gasteiger partial charge is 0.0684 e. The summed E-state index contributed by atoms with van der Waals surface area (Å²) in [5, 5.41) is 3.58. The van der Waals surface area contributed by atoms with Gasteiger partial charge in [0.25, 0.3) is 0 Å². The van der Waals surface area contributed by atoms with Crippen molar-refractivity contribution >= 4 is 0 Å². The summed E-state index contributed by atoms with van der Waals surface area (Å²) < 4.78 is 0. The average molecular weight is 154 g/mol. The minimum Gasteiger partial charge on any atom is -0.298 e. The molecule has 2 unspecified atom stereocenters. The SMILES string of the molecule is CC1CCC2(C)NCCN2C1. The van der Waals surface area contributed by atoms with Gasteiger partial charge in [-0.15, -0.1) is 0 Å². The minimum atomic E-state index is 0.354. The topological polar surface area (TPSA) is 15.3 Å². The summed E-state index contributed by atoms with van der Waals surface area (Å²) >= 11 is 0. The van der Waals surface area contributed by atoms with E-state index in [0.29, 0.717) is 5.66 Å².